The van der Waals surface area contributed by atoms with Crippen LogP contribution in [0.3, 0.4) is 0 Å². The zero-order valence-corrected chi connectivity index (χ0v) is 21.7. The number of nitrogens with one attached hydrogen (secondary N) is 2. The number of halogens is 2. The summed E-state index contributed by atoms with van der Waals surface area (Å²) in [5.41, 5.74) is 7.24. The summed E-state index contributed by atoms with van der Waals surface area (Å²) in [4.78, 5) is 12.1. The fraction of sp³-hybridized carbons (Fsp3) is 0.167. The number of ether oxygens (including phenoxy) is 2. The predicted molar refractivity (Wildman–Crippen MR) is 140 cm³/mol. The number of benzene rings is 3. The molecule has 0 aliphatic carbocycles. The van der Waals surface area contributed by atoms with Gasteiger partial charge in [0, 0.05) is 10.2 Å². The van der Waals surface area contributed by atoms with Crippen molar-refractivity contribution in [2.45, 2.75) is 20.5 Å². The van der Waals surface area contributed by atoms with E-state index in [4.69, 9.17) is 9.47 Å². The minimum Gasteiger partial charge on any atom is -0.493 e. The van der Waals surface area contributed by atoms with Crippen LogP contribution in [-0.2, 0) is 6.61 Å². The van der Waals surface area contributed by atoms with E-state index in [2.05, 4.69) is 73.4 Å². The zero-order chi connectivity index (χ0) is 23.1. The SMILES string of the molecule is COc1cc(/C=N/NC(=O)Nc2ccc(Br)c(C)c2)cc(I)c1OCc1ccc(C)cc1. The smallest absolute Gasteiger partial charge is 0.339 e. The van der Waals surface area contributed by atoms with Gasteiger partial charge >= 0.3 is 6.03 Å². The maximum absolute atomic E-state index is 12.1. The molecule has 0 saturated heterocycles. The Morgan fingerprint density at radius 2 is 1.88 bits per heavy atom. The maximum Gasteiger partial charge on any atom is 0.339 e. The molecule has 166 valence electrons. The number of aryl methyl sites for hydroxylation is 2. The van der Waals surface area contributed by atoms with Gasteiger partial charge in [0.2, 0.25) is 0 Å². The summed E-state index contributed by atoms with van der Waals surface area (Å²) in [5.74, 6) is 1.27. The van der Waals surface area contributed by atoms with Crippen LogP contribution < -0.4 is 20.2 Å². The second kappa shape index (κ2) is 11.3. The molecule has 0 bridgehead atoms. The molecule has 3 rings (SSSR count). The Bertz CT molecular complexity index is 1130. The van der Waals surface area contributed by atoms with E-state index in [0.717, 1.165) is 24.7 Å². The third-order valence-corrected chi connectivity index (χ3v) is 6.24. The molecule has 32 heavy (non-hydrogen) atoms. The summed E-state index contributed by atoms with van der Waals surface area (Å²) in [6.07, 6.45) is 1.56. The monoisotopic (exact) mass is 607 g/mol. The number of anilines is 1. The highest BCUT2D eigenvalue weighted by Crippen LogP contribution is 2.34. The molecule has 0 spiro atoms. The minimum atomic E-state index is -0.428. The molecule has 0 aliphatic rings. The van der Waals surface area contributed by atoms with Crippen LogP contribution in [0.1, 0.15) is 22.3 Å². The van der Waals surface area contributed by atoms with Crippen molar-refractivity contribution in [1.29, 1.82) is 0 Å². The van der Waals surface area contributed by atoms with Gasteiger partial charge in [0.1, 0.15) is 6.61 Å². The Labute approximate surface area is 209 Å². The second-order valence-corrected chi connectivity index (χ2v) is 9.11. The van der Waals surface area contributed by atoms with Crippen LogP contribution >= 0.6 is 38.5 Å². The Kier molecular flexibility index (Phi) is 8.52. The lowest BCUT2D eigenvalue weighted by molar-refractivity contribution is 0.252. The Morgan fingerprint density at radius 1 is 1.12 bits per heavy atom. The average molecular weight is 608 g/mol. The zero-order valence-electron chi connectivity index (χ0n) is 17.9. The Morgan fingerprint density at radius 3 is 2.56 bits per heavy atom. The van der Waals surface area contributed by atoms with E-state index in [1.165, 1.54) is 5.56 Å². The van der Waals surface area contributed by atoms with E-state index in [1.807, 2.05) is 49.4 Å². The van der Waals surface area contributed by atoms with Gasteiger partial charge in [-0.05, 0) is 83.5 Å². The number of hydrogen-bond acceptors (Lipinski definition) is 4. The number of urea groups is 1. The van der Waals surface area contributed by atoms with E-state index in [9.17, 15) is 4.79 Å². The Balaban J connectivity index is 1.62. The van der Waals surface area contributed by atoms with Crippen molar-refractivity contribution in [3.05, 3.63) is 84.9 Å². The summed E-state index contributed by atoms with van der Waals surface area (Å²) in [7, 11) is 1.59. The molecule has 3 aromatic carbocycles. The van der Waals surface area contributed by atoms with Crippen LogP contribution in [0.5, 0.6) is 11.5 Å². The molecule has 0 unspecified atom stereocenters. The van der Waals surface area contributed by atoms with Crippen molar-refractivity contribution < 1.29 is 14.3 Å². The summed E-state index contributed by atoms with van der Waals surface area (Å²) < 4.78 is 13.4. The molecule has 2 N–H and O–H groups in total. The van der Waals surface area contributed by atoms with Gasteiger partial charge in [0.15, 0.2) is 11.5 Å². The van der Waals surface area contributed by atoms with E-state index in [0.29, 0.717) is 23.8 Å². The van der Waals surface area contributed by atoms with Crippen molar-refractivity contribution in [1.82, 2.24) is 5.43 Å². The largest absolute Gasteiger partial charge is 0.493 e. The highest BCUT2D eigenvalue weighted by molar-refractivity contribution is 14.1. The van der Waals surface area contributed by atoms with Crippen LogP contribution in [0.2, 0.25) is 0 Å². The van der Waals surface area contributed by atoms with E-state index < -0.39 is 6.03 Å². The maximum atomic E-state index is 12.1. The van der Waals surface area contributed by atoms with Gasteiger partial charge < -0.3 is 14.8 Å². The topological polar surface area (TPSA) is 72.0 Å². The first-order chi connectivity index (χ1) is 15.4. The first-order valence-electron chi connectivity index (χ1n) is 9.78. The summed E-state index contributed by atoms with van der Waals surface area (Å²) in [6.45, 7) is 4.45. The van der Waals surface area contributed by atoms with Crippen molar-refractivity contribution in [2.24, 2.45) is 5.10 Å². The molecule has 0 fully saturated rings. The molecule has 0 atom stereocenters. The van der Waals surface area contributed by atoms with Crippen LogP contribution in [-0.4, -0.2) is 19.4 Å². The quantitative estimate of drug-likeness (QED) is 0.185. The highest BCUT2D eigenvalue weighted by atomic mass is 127. The molecule has 0 aliphatic heterocycles. The molecule has 2 amide bonds. The third kappa shape index (κ3) is 6.70. The summed E-state index contributed by atoms with van der Waals surface area (Å²) >= 11 is 5.64. The van der Waals surface area contributed by atoms with Crippen LogP contribution in [0, 0.1) is 17.4 Å². The number of rotatable bonds is 7. The van der Waals surface area contributed by atoms with Crippen molar-refractivity contribution in [3.63, 3.8) is 0 Å². The fourth-order valence-electron chi connectivity index (χ4n) is 2.84. The first kappa shape index (κ1) is 24.1. The van der Waals surface area contributed by atoms with E-state index in [1.54, 1.807) is 13.3 Å². The predicted octanol–water partition coefficient (Wildman–Crippen LogP) is 6.41. The van der Waals surface area contributed by atoms with Gasteiger partial charge in [-0.3, -0.25) is 0 Å². The number of hydrazone groups is 1. The van der Waals surface area contributed by atoms with Crippen LogP contribution in [0.25, 0.3) is 0 Å². The fourth-order valence-corrected chi connectivity index (χ4v) is 3.87. The second-order valence-electron chi connectivity index (χ2n) is 7.10. The molecule has 0 radical (unpaired) electrons. The van der Waals surface area contributed by atoms with Gasteiger partial charge in [-0.1, -0.05) is 45.8 Å². The molecule has 8 heteroatoms. The molecule has 6 nitrogen and oxygen atoms in total. The van der Waals surface area contributed by atoms with E-state index in [-0.39, 0.29) is 0 Å². The molecule has 0 heterocycles. The lowest BCUT2D eigenvalue weighted by Gasteiger charge is -2.13. The number of methoxy groups -OCH3 is 1. The standard InChI is InChI=1S/C24H23BrIN3O3/c1-15-4-6-17(7-5-15)14-32-23-21(26)11-18(12-22(23)31-3)13-27-29-24(30)28-19-8-9-20(25)16(2)10-19/h4-13H,14H2,1-3H3,(H2,28,29,30)/b27-13+. The number of hydrogen-bond donors (Lipinski definition) is 2. The highest BCUT2D eigenvalue weighted by Gasteiger charge is 2.12. The van der Waals surface area contributed by atoms with E-state index >= 15 is 0 Å². The van der Waals surface area contributed by atoms with Gasteiger partial charge in [-0.2, -0.15) is 5.10 Å². The van der Waals surface area contributed by atoms with Crippen LogP contribution in [0.4, 0.5) is 10.5 Å². The Hall–Kier alpha value is -2.59. The summed E-state index contributed by atoms with van der Waals surface area (Å²) in [6, 6.07) is 17.1. The third-order valence-electron chi connectivity index (χ3n) is 4.55. The van der Waals surface area contributed by atoms with Crippen molar-refractivity contribution >= 4 is 56.5 Å². The van der Waals surface area contributed by atoms with Crippen molar-refractivity contribution in [3.8, 4) is 11.5 Å². The molecule has 0 aromatic heterocycles. The lowest BCUT2D eigenvalue weighted by atomic mass is 10.2. The number of carbonyl (C=O) groups excluding carboxylic acids is 1. The lowest BCUT2D eigenvalue weighted by Crippen LogP contribution is -2.24. The minimum absolute atomic E-state index is 0.428. The van der Waals surface area contributed by atoms with Gasteiger partial charge in [-0.15, -0.1) is 0 Å². The molecule has 0 saturated carbocycles. The number of carbonyl (C=O) groups is 1. The summed E-state index contributed by atoms with van der Waals surface area (Å²) in [5, 5.41) is 6.77. The molecule has 3 aromatic rings. The van der Waals surface area contributed by atoms with Gasteiger partial charge in [-0.25, -0.2) is 10.2 Å². The average Bonchev–Trinajstić information content (AvgIpc) is 2.76. The number of nitrogens with zero attached hydrogens (tertiary/aromatic N) is 1. The van der Waals surface area contributed by atoms with Gasteiger partial charge in [0.05, 0.1) is 16.9 Å². The molecular weight excluding hydrogens is 585 g/mol. The van der Waals surface area contributed by atoms with Gasteiger partial charge in [0.25, 0.3) is 0 Å². The van der Waals surface area contributed by atoms with Crippen molar-refractivity contribution in [2.75, 3.05) is 12.4 Å². The van der Waals surface area contributed by atoms with Crippen LogP contribution in [0.15, 0.2) is 64.2 Å². The normalized spacial score (nSPS) is 10.8. The molecular formula is C24H23BrIN3O3. The number of amides is 2. The first-order valence-corrected chi connectivity index (χ1v) is 11.6.